The van der Waals surface area contributed by atoms with E-state index in [4.69, 9.17) is 16.6 Å². The molecule has 14 nitrogen and oxygen atoms in total. The third kappa shape index (κ3) is 10.8. The minimum Gasteiger partial charge on any atom is -0.481 e. The third-order valence-electron chi connectivity index (χ3n) is 5.47. The Balaban J connectivity index is 3.05. The Kier molecular flexibility index (Phi) is 13.1. The van der Waals surface area contributed by atoms with Crippen LogP contribution in [0.2, 0.25) is 0 Å². The summed E-state index contributed by atoms with van der Waals surface area (Å²) in [5, 5.41) is 25.9. The Hall–Kier alpha value is -3.52. The maximum atomic E-state index is 13.1. The Morgan fingerprint density at radius 1 is 0.944 bits per heavy atom. The van der Waals surface area contributed by atoms with Crippen molar-refractivity contribution in [3.8, 4) is 0 Å². The fraction of sp³-hybridized carbons (Fsp3) is 0.636. The van der Waals surface area contributed by atoms with Crippen LogP contribution in [0.4, 0.5) is 0 Å². The molecule has 3 amide bonds. The molecule has 0 aliphatic heterocycles. The summed E-state index contributed by atoms with van der Waals surface area (Å²) in [6.45, 7) is 3.85. The van der Waals surface area contributed by atoms with Crippen LogP contribution in [-0.2, 0) is 30.4 Å². The van der Waals surface area contributed by atoms with Gasteiger partial charge in [-0.05, 0) is 38.1 Å². The molecule has 14 heteroatoms. The van der Waals surface area contributed by atoms with Crippen LogP contribution in [0.15, 0.2) is 12.5 Å². The van der Waals surface area contributed by atoms with Gasteiger partial charge in [0, 0.05) is 24.7 Å². The quantitative estimate of drug-likeness (QED) is 0.112. The Labute approximate surface area is 209 Å². The number of unbranched alkanes of at least 4 members (excludes halogenated alkanes) is 1. The maximum Gasteiger partial charge on any atom is 0.326 e. The van der Waals surface area contributed by atoms with Gasteiger partial charge < -0.3 is 42.6 Å². The molecule has 1 rings (SSSR count). The van der Waals surface area contributed by atoms with Crippen LogP contribution >= 0.6 is 0 Å². The van der Waals surface area contributed by atoms with Gasteiger partial charge in [-0.25, -0.2) is 9.78 Å². The number of amides is 3. The number of carbonyl (C=O) groups is 5. The number of aliphatic carboxylic acids is 2. The molecule has 1 aromatic rings. The number of aromatic amines is 1. The van der Waals surface area contributed by atoms with Crippen LogP contribution in [0.25, 0.3) is 0 Å². The van der Waals surface area contributed by atoms with Crippen molar-refractivity contribution in [2.45, 2.75) is 76.5 Å². The van der Waals surface area contributed by atoms with Crippen molar-refractivity contribution < 1.29 is 34.2 Å². The molecule has 4 unspecified atom stereocenters. The van der Waals surface area contributed by atoms with Gasteiger partial charge in [0.1, 0.15) is 18.1 Å². The number of H-pyrrole nitrogens is 1. The van der Waals surface area contributed by atoms with E-state index in [9.17, 15) is 29.1 Å². The normalized spacial score (nSPS) is 14.4. The number of nitrogens with one attached hydrogen (secondary N) is 4. The summed E-state index contributed by atoms with van der Waals surface area (Å²) in [6.07, 6.45) is 3.22. The van der Waals surface area contributed by atoms with Gasteiger partial charge in [0.2, 0.25) is 17.7 Å². The van der Waals surface area contributed by atoms with E-state index in [0.29, 0.717) is 25.1 Å². The molecule has 0 saturated carbocycles. The van der Waals surface area contributed by atoms with Gasteiger partial charge >= 0.3 is 11.9 Å². The van der Waals surface area contributed by atoms with Crippen molar-refractivity contribution in [3.63, 3.8) is 0 Å². The van der Waals surface area contributed by atoms with Gasteiger partial charge in [-0.2, -0.15) is 0 Å². The number of rotatable bonds is 17. The summed E-state index contributed by atoms with van der Waals surface area (Å²) in [6, 6.07) is -4.65. The lowest BCUT2D eigenvalue weighted by atomic mass is 10.0. The molecule has 0 spiro atoms. The van der Waals surface area contributed by atoms with Crippen LogP contribution in [0.5, 0.6) is 0 Å². The van der Waals surface area contributed by atoms with E-state index in [1.165, 1.54) is 12.5 Å². The smallest absolute Gasteiger partial charge is 0.326 e. The number of nitrogens with two attached hydrogens (primary N) is 2. The predicted molar refractivity (Wildman–Crippen MR) is 128 cm³/mol. The molecule has 1 aromatic heterocycles. The van der Waals surface area contributed by atoms with Crippen LogP contribution < -0.4 is 27.4 Å². The van der Waals surface area contributed by atoms with E-state index in [1.807, 2.05) is 0 Å². The highest BCUT2D eigenvalue weighted by Crippen LogP contribution is 2.07. The van der Waals surface area contributed by atoms with E-state index >= 15 is 0 Å². The minimum atomic E-state index is -1.36. The average Bonchev–Trinajstić information content (AvgIpc) is 3.32. The van der Waals surface area contributed by atoms with Gasteiger partial charge in [0.05, 0.1) is 12.4 Å². The minimum absolute atomic E-state index is 0.00744. The number of carboxylic acid groups (broad SMARTS) is 2. The number of carboxylic acids is 2. The lowest BCUT2D eigenvalue weighted by Crippen LogP contribution is -2.58. The molecule has 0 fully saturated rings. The first-order chi connectivity index (χ1) is 17.0. The molecule has 1 heterocycles. The third-order valence-corrected chi connectivity index (χ3v) is 5.47. The lowest BCUT2D eigenvalue weighted by Gasteiger charge is -2.25. The van der Waals surface area contributed by atoms with Crippen molar-refractivity contribution in [1.29, 1.82) is 0 Å². The summed E-state index contributed by atoms with van der Waals surface area (Å²) in [7, 11) is 0. The highest BCUT2D eigenvalue weighted by Gasteiger charge is 2.31. The van der Waals surface area contributed by atoms with Gasteiger partial charge in [0.25, 0.3) is 0 Å². The molecule has 0 aromatic carbocycles. The second kappa shape index (κ2) is 15.5. The second-order valence-electron chi connectivity index (χ2n) is 8.79. The zero-order chi connectivity index (χ0) is 27.3. The number of nitrogens with zero attached hydrogens (tertiary/aromatic N) is 1. The van der Waals surface area contributed by atoms with Crippen LogP contribution in [-0.4, -0.2) is 80.6 Å². The van der Waals surface area contributed by atoms with Gasteiger partial charge in [-0.3, -0.25) is 19.2 Å². The zero-order valence-electron chi connectivity index (χ0n) is 20.5. The van der Waals surface area contributed by atoms with Gasteiger partial charge in [-0.1, -0.05) is 13.8 Å². The van der Waals surface area contributed by atoms with Gasteiger partial charge in [0.15, 0.2) is 0 Å². The SMILES string of the molecule is CC(C)C(N)C(=O)NC(Cc1cnc[nH]1)C(=O)NC(CCC(=O)O)C(=O)NC(CCCCN)C(=O)O. The van der Waals surface area contributed by atoms with E-state index in [0.717, 1.165) is 0 Å². The average molecular weight is 512 g/mol. The summed E-state index contributed by atoms with van der Waals surface area (Å²) in [5.41, 5.74) is 11.8. The monoisotopic (exact) mass is 511 g/mol. The molecule has 4 atom stereocenters. The van der Waals surface area contributed by atoms with Crippen molar-refractivity contribution in [2.24, 2.45) is 17.4 Å². The number of hydrogen-bond donors (Lipinski definition) is 8. The molecule has 0 bridgehead atoms. The molecule has 0 aliphatic rings. The number of carbonyl (C=O) groups excluding carboxylic acids is 3. The van der Waals surface area contributed by atoms with Crippen molar-refractivity contribution in [1.82, 2.24) is 25.9 Å². The molecule has 0 saturated heterocycles. The van der Waals surface area contributed by atoms with Crippen LogP contribution in [0, 0.1) is 5.92 Å². The fourth-order valence-electron chi connectivity index (χ4n) is 3.23. The highest BCUT2D eigenvalue weighted by molar-refractivity contribution is 5.94. The van der Waals surface area contributed by atoms with E-state index < -0.39 is 60.2 Å². The number of hydrogen-bond acceptors (Lipinski definition) is 8. The first-order valence-electron chi connectivity index (χ1n) is 11.7. The maximum absolute atomic E-state index is 13.1. The lowest BCUT2D eigenvalue weighted by molar-refractivity contribution is -0.143. The standard InChI is InChI=1S/C22H37N7O7/c1-12(2)18(24)21(34)29-16(9-13-10-25-11-26-13)20(33)27-14(6-7-17(30)31)19(32)28-15(22(35)36)5-3-4-8-23/h10-12,14-16,18H,3-9,23-24H2,1-2H3,(H,25,26)(H,27,33)(H,28,32)(H,29,34)(H,30,31)(H,35,36). The highest BCUT2D eigenvalue weighted by atomic mass is 16.4. The Morgan fingerprint density at radius 2 is 1.56 bits per heavy atom. The first-order valence-corrected chi connectivity index (χ1v) is 11.7. The summed E-state index contributed by atoms with van der Waals surface area (Å²) < 4.78 is 0. The number of aromatic nitrogens is 2. The van der Waals surface area contributed by atoms with E-state index in [1.54, 1.807) is 13.8 Å². The molecule has 0 radical (unpaired) electrons. The first kappa shape index (κ1) is 30.5. The summed E-state index contributed by atoms with van der Waals surface area (Å²) >= 11 is 0. The van der Waals surface area contributed by atoms with Gasteiger partial charge in [-0.15, -0.1) is 0 Å². The summed E-state index contributed by atoms with van der Waals surface area (Å²) in [5.74, 6) is -4.88. The van der Waals surface area contributed by atoms with Crippen LogP contribution in [0.1, 0.15) is 51.6 Å². The molecular weight excluding hydrogens is 474 g/mol. The Bertz CT molecular complexity index is 876. The second-order valence-corrected chi connectivity index (χ2v) is 8.79. The Morgan fingerprint density at radius 3 is 2.08 bits per heavy atom. The molecule has 10 N–H and O–H groups in total. The van der Waals surface area contributed by atoms with Crippen molar-refractivity contribution in [3.05, 3.63) is 18.2 Å². The molecule has 36 heavy (non-hydrogen) atoms. The largest absolute Gasteiger partial charge is 0.481 e. The van der Waals surface area contributed by atoms with Crippen LogP contribution in [0.3, 0.4) is 0 Å². The zero-order valence-corrected chi connectivity index (χ0v) is 20.5. The van der Waals surface area contributed by atoms with E-state index in [-0.39, 0.29) is 25.2 Å². The van der Waals surface area contributed by atoms with E-state index in [2.05, 4.69) is 25.9 Å². The van der Waals surface area contributed by atoms with Crippen molar-refractivity contribution >= 4 is 29.7 Å². The summed E-state index contributed by atoms with van der Waals surface area (Å²) in [4.78, 5) is 67.9. The molecular formula is C22H37N7O7. The topological polar surface area (TPSA) is 243 Å². The molecule has 0 aliphatic carbocycles. The van der Waals surface area contributed by atoms with Crippen molar-refractivity contribution in [2.75, 3.05) is 6.54 Å². The predicted octanol–water partition coefficient (Wildman–Crippen LogP) is -1.53. The molecule has 202 valence electrons. The number of imidazole rings is 1. The fourth-order valence-corrected chi connectivity index (χ4v) is 3.23.